The van der Waals surface area contributed by atoms with Crippen molar-refractivity contribution < 1.29 is 18.3 Å². The Bertz CT molecular complexity index is 1310. The SMILES string of the molecule is CCOc1c(F)c(CC)c(-c2ccc3nc(NC(=O)[C@@H]4C[C@@H]4F)cn3n2)c2cn[nH]c12. The number of halogens is 2. The minimum atomic E-state index is -1.08. The molecule has 2 atom stereocenters. The average Bonchev–Trinajstić information content (AvgIpc) is 3.13. The van der Waals surface area contributed by atoms with Crippen LogP contribution in [0.15, 0.2) is 24.5 Å². The van der Waals surface area contributed by atoms with Crippen LogP contribution in [0.5, 0.6) is 5.75 Å². The summed E-state index contributed by atoms with van der Waals surface area (Å²) in [6.45, 7) is 3.98. The van der Waals surface area contributed by atoms with E-state index < -0.39 is 23.8 Å². The van der Waals surface area contributed by atoms with Crippen molar-refractivity contribution in [3.05, 3.63) is 35.9 Å². The highest BCUT2D eigenvalue weighted by molar-refractivity contribution is 5.99. The number of ether oxygens (including phenoxy) is 1. The second-order valence-electron chi connectivity index (χ2n) is 7.44. The Morgan fingerprint density at radius 2 is 2.19 bits per heavy atom. The Labute approximate surface area is 175 Å². The van der Waals surface area contributed by atoms with E-state index in [0.29, 0.717) is 46.4 Å². The number of carbonyl (C=O) groups is 1. The molecule has 0 spiro atoms. The fourth-order valence-electron chi connectivity index (χ4n) is 3.80. The molecule has 0 saturated heterocycles. The molecule has 3 heterocycles. The Morgan fingerprint density at radius 1 is 1.39 bits per heavy atom. The number of rotatable bonds is 6. The maximum atomic E-state index is 15.3. The van der Waals surface area contributed by atoms with Gasteiger partial charge >= 0.3 is 0 Å². The first kappa shape index (κ1) is 19.4. The highest BCUT2D eigenvalue weighted by Gasteiger charge is 2.43. The molecule has 8 nitrogen and oxygen atoms in total. The predicted molar refractivity (Wildman–Crippen MR) is 110 cm³/mol. The summed E-state index contributed by atoms with van der Waals surface area (Å²) in [4.78, 5) is 16.3. The van der Waals surface area contributed by atoms with Crippen LogP contribution in [0.25, 0.3) is 27.8 Å². The molecule has 1 amide bonds. The van der Waals surface area contributed by atoms with Crippen LogP contribution in [0.1, 0.15) is 25.8 Å². The number of amides is 1. The number of anilines is 1. The molecule has 2 N–H and O–H groups in total. The molecule has 10 heteroatoms. The van der Waals surface area contributed by atoms with E-state index >= 15 is 4.39 Å². The maximum absolute atomic E-state index is 15.3. The van der Waals surface area contributed by atoms with E-state index in [9.17, 15) is 9.18 Å². The summed E-state index contributed by atoms with van der Waals surface area (Å²) in [6.07, 6.45) is 2.77. The number of hydrogen-bond donors (Lipinski definition) is 2. The molecule has 160 valence electrons. The second kappa shape index (κ2) is 7.29. The van der Waals surface area contributed by atoms with Crippen molar-refractivity contribution in [2.75, 3.05) is 11.9 Å². The Kier molecular flexibility index (Phi) is 4.57. The number of aromatic amines is 1. The van der Waals surface area contributed by atoms with Crippen molar-refractivity contribution in [1.82, 2.24) is 24.8 Å². The van der Waals surface area contributed by atoms with Crippen LogP contribution < -0.4 is 10.1 Å². The number of H-pyrrole nitrogens is 1. The topological polar surface area (TPSA) is 97.2 Å². The van der Waals surface area contributed by atoms with Gasteiger partial charge in [-0.05, 0) is 31.9 Å². The van der Waals surface area contributed by atoms with Gasteiger partial charge in [0.25, 0.3) is 0 Å². The molecule has 0 bridgehead atoms. The van der Waals surface area contributed by atoms with Crippen molar-refractivity contribution in [2.45, 2.75) is 32.9 Å². The summed E-state index contributed by atoms with van der Waals surface area (Å²) >= 11 is 0. The number of aromatic nitrogens is 5. The first-order valence-corrected chi connectivity index (χ1v) is 10.1. The fourth-order valence-corrected chi connectivity index (χ4v) is 3.80. The summed E-state index contributed by atoms with van der Waals surface area (Å²) in [7, 11) is 0. The van der Waals surface area contributed by atoms with E-state index in [0.717, 1.165) is 0 Å². The zero-order chi connectivity index (χ0) is 21.7. The predicted octanol–water partition coefficient (Wildman–Crippen LogP) is 3.67. The van der Waals surface area contributed by atoms with Crippen LogP contribution in [0.2, 0.25) is 0 Å². The minimum absolute atomic E-state index is 0.149. The van der Waals surface area contributed by atoms with Gasteiger partial charge in [-0.3, -0.25) is 9.89 Å². The van der Waals surface area contributed by atoms with Crippen LogP contribution in [-0.2, 0) is 11.2 Å². The largest absolute Gasteiger partial charge is 0.489 e. The van der Waals surface area contributed by atoms with Gasteiger partial charge in [-0.2, -0.15) is 10.2 Å². The van der Waals surface area contributed by atoms with E-state index in [1.165, 1.54) is 4.52 Å². The molecule has 4 aromatic rings. The first-order valence-electron chi connectivity index (χ1n) is 10.1. The Morgan fingerprint density at radius 3 is 2.90 bits per heavy atom. The zero-order valence-corrected chi connectivity index (χ0v) is 16.9. The molecule has 0 unspecified atom stereocenters. The van der Waals surface area contributed by atoms with Crippen LogP contribution >= 0.6 is 0 Å². The fraction of sp³-hybridized carbons (Fsp3) is 0.333. The Balaban J connectivity index is 1.60. The first-order chi connectivity index (χ1) is 15.0. The van der Waals surface area contributed by atoms with E-state index in [2.05, 4.69) is 25.6 Å². The van der Waals surface area contributed by atoms with E-state index in [1.54, 1.807) is 31.5 Å². The van der Waals surface area contributed by atoms with Crippen molar-refractivity contribution >= 4 is 28.3 Å². The maximum Gasteiger partial charge on any atom is 0.231 e. The third-order valence-corrected chi connectivity index (χ3v) is 5.42. The van der Waals surface area contributed by atoms with Gasteiger partial charge < -0.3 is 10.1 Å². The Hall–Kier alpha value is -3.56. The highest BCUT2D eigenvalue weighted by Crippen LogP contribution is 2.39. The van der Waals surface area contributed by atoms with Crippen molar-refractivity contribution in [3.8, 4) is 17.0 Å². The molecular formula is C21H20F2N6O2. The van der Waals surface area contributed by atoms with E-state index in [4.69, 9.17) is 4.74 Å². The van der Waals surface area contributed by atoms with Crippen LogP contribution in [0.4, 0.5) is 14.6 Å². The third-order valence-electron chi connectivity index (χ3n) is 5.42. The summed E-state index contributed by atoms with van der Waals surface area (Å²) in [5.41, 5.74) is 2.59. The molecule has 0 aliphatic heterocycles. The summed E-state index contributed by atoms with van der Waals surface area (Å²) < 4.78 is 35.4. The second-order valence-corrected chi connectivity index (χ2v) is 7.44. The summed E-state index contributed by atoms with van der Waals surface area (Å²) in [5.74, 6) is -1.01. The van der Waals surface area contributed by atoms with Gasteiger partial charge in [0, 0.05) is 16.5 Å². The molecule has 1 aliphatic rings. The lowest BCUT2D eigenvalue weighted by Gasteiger charge is -2.15. The van der Waals surface area contributed by atoms with Gasteiger partial charge in [0.1, 0.15) is 11.7 Å². The van der Waals surface area contributed by atoms with Gasteiger partial charge in [-0.15, -0.1) is 0 Å². The number of nitrogens with one attached hydrogen (secondary N) is 2. The molecular weight excluding hydrogens is 406 g/mol. The molecule has 0 radical (unpaired) electrons. The number of hydrogen-bond acceptors (Lipinski definition) is 5. The number of benzene rings is 1. The van der Waals surface area contributed by atoms with Crippen molar-refractivity contribution in [1.29, 1.82) is 0 Å². The number of carbonyl (C=O) groups excluding carboxylic acids is 1. The molecule has 31 heavy (non-hydrogen) atoms. The van der Waals surface area contributed by atoms with Gasteiger partial charge in [0.05, 0.1) is 30.6 Å². The van der Waals surface area contributed by atoms with Gasteiger partial charge in [0.2, 0.25) is 5.91 Å². The average molecular weight is 426 g/mol. The molecule has 1 aliphatic carbocycles. The highest BCUT2D eigenvalue weighted by atomic mass is 19.1. The molecule has 3 aromatic heterocycles. The smallest absolute Gasteiger partial charge is 0.231 e. The number of alkyl halides is 1. The number of imidazole rings is 1. The molecule has 1 saturated carbocycles. The number of fused-ring (bicyclic) bond motifs is 2. The molecule has 1 aromatic carbocycles. The van der Waals surface area contributed by atoms with Crippen molar-refractivity contribution in [2.24, 2.45) is 5.92 Å². The van der Waals surface area contributed by atoms with Crippen LogP contribution in [0.3, 0.4) is 0 Å². The quantitative estimate of drug-likeness (QED) is 0.490. The van der Waals surface area contributed by atoms with Gasteiger partial charge in [-0.1, -0.05) is 6.92 Å². The lowest BCUT2D eigenvalue weighted by molar-refractivity contribution is -0.117. The monoisotopic (exact) mass is 426 g/mol. The summed E-state index contributed by atoms with van der Waals surface area (Å²) in [5, 5.41) is 14.8. The third kappa shape index (κ3) is 3.18. The minimum Gasteiger partial charge on any atom is -0.489 e. The molecule has 5 rings (SSSR count). The van der Waals surface area contributed by atoms with Gasteiger partial charge in [0.15, 0.2) is 23.0 Å². The van der Waals surface area contributed by atoms with Crippen LogP contribution in [0, 0.1) is 11.7 Å². The normalized spacial score (nSPS) is 17.9. The van der Waals surface area contributed by atoms with Crippen LogP contribution in [-0.4, -0.2) is 43.5 Å². The standard InChI is InChI=1S/C21H20F2N6O2/c1-3-10-17(12-8-24-27-19(12)20(18(10)23)31-4-2)14-5-6-16-25-15(9-29(16)28-14)26-21(30)11-7-13(11)22/h5-6,8-9,11,13H,3-4,7H2,1-2H3,(H,24,27)(H,26,30)/t11-,13+/m1/s1. The lowest BCUT2D eigenvalue weighted by atomic mass is 9.97. The van der Waals surface area contributed by atoms with E-state index in [1.807, 2.05) is 6.92 Å². The van der Waals surface area contributed by atoms with Gasteiger partial charge in [-0.25, -0.2) is 18.3 Å². The van der Waals surface area contributed by atoms with Crippen molar-refractivity contribution in [3.63, 3.8) is 0 Å². The summed E-state index contributed by atoms with van der Waals surface area (Å²) in [6, 6.07) is 3.47. The number of nitrogens with zero attached hydrogens (tertiary/aromatic N) is 4. The van der Waals surface area contributed by atoms with E-state index in [-0.39, 0.29) is 18.0 Å². The molecule has 1 fully saturated rings. The lowest BCUT2D eigenvalue weighted by Crippen LogP contribution is -2.15. The zero-order valence-electron chi connectivity index (χ0n) is 16.9.